The molecule has 0 atom stereocenters. The van der Waals surface area contributed by atoms with Gasteiger partial charge in [-0.1, -0.05) is 5.16 Å². The van der Waals surface area contributed by atoms with Crippen LogP contribution in [-0.2, 0) is 9.63 Å². The maximum atomic E-state index is 9.88. The number of amides is 1. The summed E-state index contributed by atoms with van der Waals surface area (Å²) in [4.78, 5) is 14.3. The second-order valence-electron chi connectivity index (χ2n) is 1.52. The van der Waals surface area contributed by atoms with Crippen molar-refractivity contribution >= 4 is 12.2 Å². The van der Waals surface area contributed by atoms with Crippen LogP contribution in [0.2, 0.25) is 0 Å². The van der Waals surface area contributed by atoms with Crippen LogP contribution >= 0.6 is 0 Å². The number of nitrogens with two attached hydrogens (primary N) is 1. The molecule has 0 fully saturated rings. The Morgan fingerprint density at radius 3 is 3.00 bits per heavy atom. The number of nitrogens with zero attached hydrogens (tertiary/aromatic N) is 1. The third kappa shape index (κ3) is 3.85. The summed E-state index contributed by atoms with van der Waals surface area (Å²) in [5.41, 5.74) is 5.20. The molecule has 0 unspecified atom stereocenters. The van der Waals surface area contributed by atoms with E-state index in [1.54, 1.807) is 0 Å². The standard InChI is InChI=1S/C5H11N3O2/c1-10-8-5(2-3-6)7-4-9/h4H,2-3,6H2,1H3,(H,7,8,9). The fourth-order valence-corrected chi connectivity index (χ4v) is 0.459. The van der Waals surface area contributed by atoms with Crippen LogP contribution in [0.25, 0.3) is 0 Å². The molecule has 5 nitrogen and oxygen atoms in total. The van der Waals surface area contributed by atoms with Gasteiger partial charge in [-0.25, -0.2) is 0 Å². The Morgan fingerprint density at radius 1 is 1.90 bits per heavy atom. The Balaban J connectivity index is 3.71. The molecule has 0 aromatic carbocycles. The van der Waals surface area contributed by atoms with E-state index in [0.717, 1.165) is 0 Å². The van der Waals surface area contributed by atoms with Gasteiger partial charge in [0.2, 0.25) is 6.41 Å². The topological polar surface area (TPSA) is 76.7 Å². The van der Waals surface area contributed by atoms with Crippen molar-refractivity contribution in [1.29, 1.82) is 0 Å². The van der Waals surface area contributed by atoms with Gasteiger partial charge in [0, 0.05) is 6.42 Å². The van der Waals surface area contributed by atoms with Crippen LogP contribution in [0.5, 0.6) is 0 Å². The van der Waals surface area contributed by atoms with Crippen molar-refractivity contribution in [1.82, 2.24) is 5.32 Å². The van der Waals surface area contributed by atoms with Crippen molar-refractivity contribution in [3.05, 3.63) is 0 Å². The van der Waals surface area contributed by atoms with Crippen molar-refractivity contribution < 1.29 is 9.63 Å². The highest BCUT2D eigenvalue weighted by Gasteiger charge is 1.94. The molecule has 1 amide bonds. The lowest BCUT2D eigenvalue weighted by molar-refractivity contribution is -0.108. The van der Waals surface area contributed by atoms with Crippen LogP contribution in [0.4, 0.5) is 0 Å². The molecule has 0 aromatic rings. The molecule has 58 valence electrons. The van der Waals surface area contributed by atoms with Gasteiger partial charge in [-0.05, 0) is 6.54 Å². The van der Waals surface area contributed by atoms with Crippen molar-refractivity contribution in [3.63, 3.8) is 0 Å². The van der Waals surface area contributed by atoms with Crippen LogP contribution in [-0.4, -0.2) is 25.9 Å². The predicted molar refractivity (Wildman–Crippen MR) is 37.3 cm³/mol. The van der Waals surface area contributed by atoms with E-state index in [1.165, 1.54) is 7.11 Å². The summed E-state index contributed by atoms with van der Waals surface area (Å²) in [6.45, 7) is 0.434. The molecule has 0 radical (unpaired) electrons. The number of amidine groups is 1. The quantitative estimate of drug-likeness (QED) is 0.231. The highest BCUT2D eigenvalue weighted by molar-refractivity contribution is 5.90. The van der Waals surface area contributed by atoms with Gasteiger partial charge in [0.1, 0.15) is 12.9 Å². The third-order valence-electron chi connectivity index (χ3n) is 0.808. The number of hydrogen-bond acceptors (Lipinski definition) is 4. The lowest BCUT2D eigenvalue weighted by atomic mass is 10.4. The average Bonchev–Trinajstić information content (AvgIpc) is 1.90. The summed E-state index contributed by atoms with van der Waals surface area (Å²) in [7, 11) is 1.41. The molecule has 10 heavy (non-hydrogen) atoms. The normalized spacial score (nSPS) is 10.8. The molecule has 0 aliphatic heterocycles. The minimum atomic E-state index is 0.434. The first-order valence-electron chi connectivity index (χ1n) is 2.85. The lowest BCUT2D eigenvalue weighted by Crippen LogP contribution is -2.24. The van der Waals surface area contributed by atoms with Crippen LogP contribution in [0.15, 0.2) is 5.16 Å². The number of hydrogen-bond donors (Lipinski definition) is 2. The van der Waals surface area contributed by atoms with Gasteiger partial charge >= 0.3 is 0 Å². The molecular formula is C5H11N3O2. The Hall–Kier alpha value is -1.10. The molecule has 0 rings (SSSR count). The summed E-state index contributed by atoms with van der Waals surface area (Å²) >= 11 is 0. The highest BCUT2D eigenvalue weighted by Crippen LogP contribution is 1.79. The van der Waals surface area contributed by atoms with Gasteiger partial charge in [0.25, 0.3) is 0 Å². The average molecular weight is 145 g/mol. The second kappa shape index (κ2) is 6.03. The molecule has 0 saturated heterocycles. The number of nitrogens with one attached hydrogen (secondary N) is 1. The molecular weight excluding hydrogens is 134 g/mol. The minimum absolute atomic E-state index is 0.434. The molecule has 3 N–H and O–H groups in total. The smallest absolute Gasteiger partial charge is 0.212 e. The Morgan fingerprint density at radius 2 is 2.60 bits per heavy atom. The summed E-state index contributed by atoms with van der Waals surface area (Å²) in [5, 5.41) is 5.85. The zero-order chi connectivity index (χ0) is 7.82. The largest absolute Gasteiger partial charge is 0.398 e. The monoisotopic (exact) mass is 145 g/mol. The zero-order valence-corrected chi connectivity index (χ0v) is 5.83. The lowest BCUT2D eigenvalue weighted by Gasteiger charge is -1.99. The fraction of sp³-hybridized carbons (Fsp3) is 0.600. The van der Waals surface area contributed by atoms with Gasteiger partial charge in [0.05, 0.1) is 0 Å². The Kier molecular flexibility index (Phi) is 5.36. The van der Waals surface area contributed by atoms with Gasteiger partial charge in [-0.3, -0.25) is 4.79 Å². The van der Waals surface area contributed by atoms with Gasteiger partial charge in [-0.2, -0.15) is 0 Å². The molecule has 0 aliphatic rings. The van der Waals surface area contributed by atoms with Crippen LogP contribution in [0, 0.1) is 0 Å². The zero-order valence-electron chi connectivity index (χ0n) is 5.83. The van der Waals surface area contributed by atoms with E-state index in [4.69, 9.17) is 5.73 Å². The first kappa shape index (κ1) is 8.90. The summed E-state index contributed by atoms with van der Waals surface area (Å²) in [6.07, 6.45) is 1.04. The van der Waals surface area contributed by atoms with E-state index in [0.29, 0.717) is 25.2 Å². The van der Waals surface area contributed by atoms with E-state index in [2.05, 4.69) is 15.3 Å². The van der Waals surface area contributed by atoms with Gasteiger partial charge < -0.3 is 15.9 Å². The Labute approximate surface area is 59.2 Å². The number of carbonyl (C=O) groups excluding carboxylic acids is 1. The van der Waals surface area contributed by atoms with E-state index in [9.17, 15) is 4.79 Å². The molecule has 0 aromatic heterocycles. The maximum absolute atomic E-state index is 9.88. The predicted octanol–water partition coefficient (Wildman–Crippen LogP) is -0.959. The fourth-order valence-electron chi connectivity index (χ4n) is 0.459. The molecule has 0 heterocycles. The molecule has 0 saturated carbocycles. The SMILES string of the molecule is CO/N=C(/CCN)NC=O. The number of rotatable bonds is 4. The van der Waals surface area contributed by atoms with Crippen molar-refractivity contribution in [2.75, 3.05) is 13.7 Å². The second-order valence-corrected chi connectivity index (χ2v) is 1.52. The molecule has 0 aliphatic carbocycles. The van der Waals surface area contributed by atoms with E-state index < -0.39 is 0 Å². The van der Waals surface area contributed by atoms with Crippen molar-refractivity contribution in [2.24, 2.45) is 10.9 Å². The summed E-state index contributed by atoms with van der Waals surface area (Å²) in [5.74, 6) is 0.444. The number of carbonyl (C=O) groups is 1. The van der Waals surface area contributed by atoms with E-state index in [1.807, 2.05) is 0 Å². The molecule has 5 heteroatoms. The molecule has 0 bridgehead atoms. The summed E-state index contributed by atoms with van der Waals surface area (Å²) < 4.78 is 0. The minimum Gasteiger partial charge on any atom is -0.398 e. The third-order valence-corrected chi connectivity index (χ3v) is 0.808. The van der Waals surface area contributed by atoms with Gasteiger partial charge in [-0.15, -0.1) is 0 Å². The maximum Gasteiger partial charge on any atom is 0.212 e. The van der Waals surface area contributed by atoms with E-state index in [-0.39, 0.29) is 0 Å². The van der Waals surface area contributed by atoms with E-state index >= 15 is 0 Å². The number of oxime groups is 1. The first-order chi connectivity index (χ1) is 4.85. The van der Waals surface area contributed by atoms with Crippen LogP contribution in [0.3, 0.4) is 0 Å². The first-order valence-corrected chi connectivity index (χ1v) is 2.85. The summed E-state index contributed by atoms with van der Waals surface area (Å²) in [6, 6.07) is 0. The van der Waals surface area contributed by atoms with Crippen molar-refractivity contribution in [3.8, 4) is 0 Å². The van der Waals surface area contributed by atoms with Gasteiger partial charge in [0.15, 0.2) is 0 Å². The van der Waals surface area contributed by atoms with Crippen LogP contribution in [0.1, 0.15) is 6.42 Å². The Bertz CT molecular complexity index is 124. The highest BCUT2D eigenvalue weighted by atomic mass is 16.6. The van der Waals surface area contributed by atoms with Crippen molar-refractivity contribution in [2.45, 2.75) is 6.42 Å². The molecule has 0 spiro atoms. The van der Waals surface area contributed by atoms with Crippen LogP contribution < -0.4 is 11.1 Å².